The first kappa shape index (κ1) is 39.6. The molecule has 0 heterocycles. The minimum atomic E-state index is -1.24. The molecule has 0 aliphatic rings. The molecule has 0 unspecified atom stereocenters. The molecule has 47 heavy (non-hydrogen) atoms. The summed E-state index contributed by atoms with van der Waals surface area (Å²) in [6.45, 7) is 6.38. The minimum absolute atomic E-state index is 0.00462. The molecule has 0 rings (SSSR count). The third-order valence-corrected chi connectivity index (χ3v) is 4.16. The molecule has 0 atom stereocenters. The van der Waals surface area contributed by atoms with Crippen molar-refractivity contribution in [1.29, 1.82) is 0 Å². The second-order valence-electron chi connectivity index (χ2n) is 8.51. The predicted octanol–water partition coefficient (Wildman–Crippen LogP) is 0.0617. The van der Waals surface area contributed by atoms with Gasteiger partial charge < -0.3 is 10.6 Å². The monoisotopic (exact) mass is 620 g/mol. The highest BCUT2D eigenvalue weighted by atomic mass is 17.2. The van der Waals surface area contributed by atoms with Crippen LogP contribution in [0, 0.1) is 143 Å². The first-order valence-corrected chi connectivity index (χ1v) is 12.9. The Morgan fingerprint density at radius 1 is 0.532 bits per heavy atom. The summed E-state index contributed by atoms with van der Waals surface area (Å²) < 4.78 is 0. The Kier molecular flexibility index (Phi) is 22.1. The Bertz CT molecular complexity index is 1810. The molecule has 0 spiro atoms. The topological polar surface area (TPSA) is 120 Å². The highest BCUT2D eigenvalue weighted by Gasteiger charge is 2.28. The lowest BCUT2D eigenvalue weighted by Gasteiger charge is -2.18. The van der Waals surface area contributed by atoms with Gasteiger partial charge in [0, 0.05) is 72.3 Å². The van der Waals surface area contributed by atoms with E-state index in [1.165, 1.54) is 0 Å². The number of amides is 2. The molecule has 0 aromatic rings. The fourth-order valence-corrected chi connectivity index (χ4v) is 1.97. The number of rotatable bonds is 12. The van der Waals surface area contributed by atoms with Crippen molar-refractivity contribution >= 4 is 17.8 Å². The van der Waals surface area contributed by atoms with Crippen LogP contribution in [0.4, 0.5) is 0 Å². The van der Waals surface area contributed by atoms with E-state index in [4.69, 9.17) is 22.6 Å². The van der Waals surface area contributed by atoms with Crippen LogP contribution >= 0.6 is 0 Å². The summed E-state index contributed by atoms with van der Waals surface area (Å²) in [7, 11) is 0. The zero-order chi connectivity index (χ0) is 34.9. The van der Waals surface area contributed by atoms with Gasteiger partial charge >= 0.3 is 0 Å². The largest absolute Gasteiger partial charge is 0.352 e. The van der Waals surface area contributed by atoms with E-state index in [1.807, 2.05) is 0 Å². The smallest absolute Gasteiger partial charge is 0.248 e. The first-order valence-electron chi connectivity index (χ1n) is 12.9. The van der Waals surface area contributed by atoms with Gasteiger partial charge in [-0.2, -0.15) is 9.78 Å². The molecule has 10 nitrogen and oxygen atoms in total. The SMILES string of the molecule is C#CC#CC#CC#CC#CC#COOCCNC(=O)C(C)(C)N=C=NC(C)(C)C(=O)NCCOOC#CC#CC#CC#CC#CC#C. The summed E-state index contributed by atoms with van der Waals surface area (Å²) in [5.74, 6) is 46.6. The molecule has 0 radical (unpaired) electrons. The van der Waals surface area contributed by atoms with Crippen LogP contribution < -0.4 is 10.6 Å². The zero-order valence-corrected chi connectivity index (χ0v) is 25.8. The van der Waals surface area contributed by atoms with Crippen molar-refractivity contribution in [3.63, 3.8) is 0 Å². The van der Waals surface area contributed by atoms with E-state index in [2.05, 4.69) is 167 Å². The van der Waals surface area contributed by atoms with Crippen molar-refractivity contribution < 1.29 is 29.1 Å². The van der Waals surface area contributed by atoms with Crippen molar-refractivity contribution in [3.8, 4) is 143 Å². The third-order valence-electron chi connectivity index (χ3n) is 4.16. The van der Waals surface area contributed by atoms with Gasteiger partial charge in [0.1, 0.15) is 24.3 Å². The van der Waals surface area contributed by atoms with Gasteiger partial charge in [-0.25, -0.2) is 9.98 Å². The fraction of sp³-hybridized carbons (Fsp3) is 0.270. The highest BCUT2D eigenvalue weighted by molar-refractivity contribution is 5.88. The average Bonchev–Trinajstić information content (AvgIpc) is 3.04. The predicted molar refractivity (Wildman–Crippen MR) is 174 cm³/mol. The van der Waals surface area contributed by atoms with Gasteiger partial charge in [0.2, 0.25) is 11.8 Å². The van der Waals surface area contributed by atoms with Gasteiger partial charge in [-0.05, 0) is 86.9 Å². The number of carbonyl (C=O) groups excluding carboxylic acids is 2. The van der Waals surface area contributed by atoms with Crippen LogP contribution in [-0.4, -0.2) is 55.2 Å². The lowest BCUT2D eigenvalue weighted by Crippen LogP contribution is -2.43. The lowest BCUT2D eigenvalue weighted by atomic mass is 10.1. The summed E-state index contributed by atoms with van der Waals surface area (Å²) >= 11 is 0. The molecule has 0 fully saturated rings. The van der Waals surface area contributed by atoms with Gasteiger partial charge in [0.15, 0.2) is 12.2 Å². The van der Waals surface area contributed by atoms with E-state index >= 15 is 0 Å². The number of nitrogens with one attached hydrogen (secondary N) is 2. The number of hydrogen-bond donors (Lipinski definition) is 2. The highest BCUT2D eigenvalue weighted by Crippen LogP contribution is 2.10. The summed E-state index contributed by atoms with van der Waals surface area (Å²) in [4.78, 5) is 51.9. The third kappa shape index (κ3) is 23.8. The van der Waals surface area contributed by atoms with E-state index in [9.17, 15) is 9.59 Å². The van der Waals surface area contributed by atoms with E-state index < -0.39 is 22.9 Å². The number of hydrogen-bond acceptors (Lipinski definition) is 8. The normalized spacial score (nSPS) is 7.70. The van der Waals surface area contributed by atoms with Crippen molar-refractivity contribution in [2.45, 2.75) is 38.8 Å². The number of nitrogens with zero attached hydrogens (tertiary/aromatic N) is 2. The Hall–Kier alpha value is -7.44. The quantitative estimate of drug-likeness (QED) is 0.105. The van der Waals surface area contributed by atoms with Gasteiger partial charge in [-0.1, -0.05) is 0 Å². The number of aliphatic imine (C=N–C) groups is 2. The molecule has 0 saturated carbocycles. The Morgan fingerprint density at radius 3 is 1.15 bits per heavy atom. The number of carbonyl (C=O) groups is 2. The van der Waals surface area contributed by atoms with E-state index in [-0.39, 0.29) is 26.3 Å². The van der Waals surface area contributed by atoms with Crippen LogP contribution in [0.2, 0.25) is 0 Å². The van der Waals surface area contributed by atoms with E-state index in [1.54, 1.807) is 27.7 Å². The molecule has 2 amide bonds. The molecule has 0 bridgehead atoms. The molecular formula is C37H24N4O6. The zero-order valence-electron chi connectivity index (χ0n) is 25.8. The second kappa shape index (κ2) is 26.2. The maximum absolute atomic E-state index is 12.4. The van der Waals surface area contributed by atoms with Crippen molar-refractivity contribution in [2.24, 2.45) is 9.98 Å². The Balaban J connectivity index is 4.45. The maximum Gasteiger partial charge on any atom is 0.248 e. The summed E-state index contributed by atoms with van der Waals surface area (Å²) in [5.41, 5.74) is -2.47. The summed E-state index contributed by atoms with van der Waals surface area (Å²) in [6, 6.07) is 2.43. The van der Waals surface area contributed by atoms with Crippen molar-refractivity contribution in [2.75, 3.05) is 26.3 Å². The Morgan fingerprint density at radius 2 is 0.830 bits per heavy atom. The molecular weight excluding hydrogens is 596 g/mol. The van der Waals surface area contributed by atoms with Gasteiger partial charge in [-0.15, -0.1) is 12.8 Å². The maximum atomic E-state index is 12.4. The molecule has 10 heteroatoms. The molecule has 228 valence electrons. The van der Waals surface area contributed by atoms with Crippen LogP contribution in [-0.2, 0) is 29.1 Å². The van der Waals surface area contributed by atoms with E-state index in [0.717, 1.165) is 0 Å². The number of terminal acetylenes is 2. The van der Waals surface area contributed by atoms with Gasteiger partial charge in [0.25, 0.3) is 0 Å². The van der Waals surface area contributed by atoms with Crippen LogP contribution in [0.3, 0.4) is 0 Å². The molecule has 0 aliphatic heterocycles. The summed E-state index contributed by atoms with van der Waals surface area (Å²) in [6.07, 6.45) is 14.3. The molecule has 2 N–H and O–H groups in total. The summed E-state index contributed by atoms with van der Waals surface area (Å²) in [5, 5.41) is 5.24. The minimum Gasteiger partial charge on any atom is -0.352 e. The average molecular weight is 621 g/mol. The molecule has 0 aromatic heterocycles. The molecule has 0 aromatic carbocycles. The van der Waals surface area contributed by atoms with Crippen molar-refractivity contribution in [1.82, 2.24) is 10.6 Å². The van der Waals surface area contributed by atoms with Crippen LogP contribution in [0.5, 0.6) is 0 Å². The lowest BCUT2D eigenvalue weighted by molar-refractivity contribution is -0.234. The fourth-order valence-electron chi connectivity index (χ4n) is 1.97. The molecule has 0 aliphatic carbocycles. The standard InChI is InChI=1S/C37H24N4O6/c1-7-9-11-13-15-17-19-21-23-25-29-44-46-31-27-38-34(42)36(3,4)40-33-41-37(5,6)35(43)39-28-32-47-45-30-26-24-22-20-18-16-14-12-10-8-2/h1-2H,27-28,31-32H2,3-6H3,(H,38,42)(H,39,43). The van der Waals surface area contributed by atoms with Gasteiger partial charge in [-0.3, -0.25) is 19.4 Å². The van der Waals surface area contributed by atoms with Crippen LogP contribution in [0.15, 0.2) is 9.98 Å². The van der Waals surface area contributed by atoms with Gasteiger partial charge in [0.05, 0.1) is 6.01 Å². The van der Waals surface area contributed by atoms with E-state index in [0.29, 0.717) is 0 Å². The second-order valence-corrected chi connectivity index (χ2v) is 8.51. The first-order chi connectivity index (χ1) is 22.7. The Labute approximate surface area is 275 Å². The van der Waals surface area contributed by atoms with Crippen LogP contribution in [0.1, 0.15) is 27.7 Å². The van der Waals surface area contributed by atoms with Crippen LogP contribution in [0.25, 0.3) is 0 Å². The van der Waals surface area contributed by atoms with Crippen molar-refractivity contribution in [3.05, 3.63) is 0 Å². The molecule has 0 saturated heterocycles.